The third-order valence-corrected chi connectivity index (χ3v) is 7.33. The van der Waals surface area contributed by atoms with E-state index in [1.54, 1.807) is 6.92 Å². The average Bonchev–Trinajstić information content (AvgIpc) is 3.36. The highest BCUT2D eigenvalue weighted by atomic mass is 32.1. The fourth-order valence-electron chi connectivity index (χ4n) is 4.70. The van der Waals surface area contributed by atoms with Crippen LogP contribution in [0.3, 0.4) is 0 Å². The van der Waals surface area contributed by atoms with Gasteiger partial charge >= 0.3 is 0 Å². The van der Waals surface area contributed by atoms with Crippen LogP contribution in [0.25, 0.3) is 6.08 Å². The van der Waals surface area contributed by atoms with Gasteiger partial charge < -0.3 is 0 Å². The molecule has 2 atom stereocenters. The Balaban J connectivity index is 1.61. The number of carbonyl (C=O) groups is 1. The number of Topliss-reactive ketones (excluding diaryl/α,β-unsaturated/α-hetero) is 1. The maximum absolute atomic E-state index is 12.1. The summed E-state index contributed by atoms with van der Waals surface area (Å²) in [5.74, 6) is 0.377. The van der Waals surface area contributed by atoms with Crippen molar-refractivity contribution in [2.75, 3.05) is 5.01 Å². The standard InChI is InChI=1S/C26H25N3OS/c1-17-25(18(2)30)31-26(27-17)29-24(20-12-7-4-8-13-20)22-15-9-14-21(23(22)28-29)16-19-10-5-3-6-11-19/h3-8,10-13,16,22,24H,9,14-15H2,1-2H3/b21-16-. The first-order valence-corrected chi connectivity index (χ1v) is 11.6. The van der Waals surface area contributed by atoms with Crippen LogP contribution in [0.1, 0.15) is 58.7 Å². The van der Waals surface area contributed by atoms with Crippen molar-refractivity contribution in [3.8, 4) is 0 Å². The summed E-state index contributed by atoms with van der Waals surface area (Å²) in [4.78, 5) is 17.5. The molecule has 5 rings (SSSR count). The number of allylic oxidation sites excluding steroid dienone is 1. The normalized spacial score (nSPS) is 21.8. The zero-order valence-corrected chi connectivity index (χ0v) is 18.6. The van der Waals surface area contributed by atoms with E-state index in [9.17, 15) is 4.79 Å². The molecule has 0 saturated heterocycles. The summed E-state index contributed by atoms with van der Waals surface area (Å²) in [5.41, 5.74) is 5.71. The van der Waals surface area contributed by atoms with Gasteiger partial charge in [0.25, 0.3) is 0 Å². The van der Waals surface area contributed by atoms with Crippen molar-refractivity contribution in [2.45, 2.75) is 39.2 Å². The second-order valence-electron chi connectivity index (χ2n) is 8.23. The Bertz CT molecular complexity index is 1160. The number of thiazole rings is 1. The Morgan fingerprint density at radius 1 is 1.10 bits per heavy atom. The highest BCUT2D eigenvalue weighted by molar-refractivity contribution is 7.17. The maximum Gasteiger partial charge on any atom is 0.207 e. The van der Waals surface area contributed by atoms with Gasteiger partial charge in [0.2, 0.25) is 5.13 Å². The number of anilines is 1. The predicted octanol–water partition coefficient (Wildman–Crippen LogP) is 6.46. The molecule has 156 valence electrons. The van der Waals surface area contributed by atoms with Crippen molar-refractivity contribution in [2.24, 2.45) is 11.0 Å². The van der Waals surface area contributed by atoms with Crippen molar-refractivity contribution in [1.82, 2.24) is 4.98 Å². The minimum Gasteiger partial charge on any atom is -0.294 e. The van der Waals surface area contributed by atoms with Crippen LogP contribution in [-0.2, 0) is 0 Å². The lowest BCUT2D eigenvalue weighted by Gasteiger charge is -2.29. The van der Waals surface area contributed by atoms with Gasteiger partial charge in [-0.25, -0.2) is 9.99 Å². The van der Waals surface area contributed by atoms with E-state index in [1.807, 2.05) is 19.1 Å². The van der Waals surface area contributed by atoms with E-state index in [0.717, 1.165) is 35.0 Å². The summed E-state index contributed by atoms with van der Waals surface area (Å²) in [7, 11) is 0. The van der Waals surface area contributed by atoms with Crippen molar-refractivity contribution < 1.29 is 4.79 Å². The molecule has 4 nitrogen and oxygen atoms in total. The van der Waals surface area contributed by atoms with Crippen LogP contribution in [0.15, 0.2) is 71.3 Å². The number of hydrogen-bond acceptors (Lipinski definition) is 5. The van der Waals surface area contributed by atoms with Crippen LogP contribution in [0, 0.1) is 12.8 Å². The lowest BCUT2D eigenvalue weighted by molar-refractivity contribution is 0.102. The number of aryl methyl sites for hydroxylation is 1. The van der Waals surface area contributed by atoms with Gasteiger partial charge in [-0.1, -0.05) is 72.0 Å². The molecule has 1 aliphatic carbocycles. The van der Waals surface area contributed by atoms with Gasteiger partial charge in [0.15, 0.2) is 5.78 Å². The van der Waals surface area contributed by atoms with E-state index in [-0.39, 0.29) is 11.8 Å². The molecule has 2 aromatic carbocycles. The number of ketones is 1. The lowest BCUT2D eigenvalue weighted by atomic mass is 9.77. The molecule has 2 aliphatic rings. The van der Waals surface area contributed by atoms with E-state index < -0.39 is 0 Å². The SMILES string of the molecule is CC(=O)c1sc(N2N=C3/C(=C\c4ccccc4)CCCC3C2c2ccccc2)nc1C. The molecule has 1 aromatic heterocycles. The van der Waals surface area contributed by atoms with Gasteiger partial charge in [0, 0.05) is 12.8 Å². The quantitative estimate of drug-likeness (QED) is 0.449. The Hall–Kier alpha value is -3.05. The Morgan fingerprint density at radius 2 is 1.81 bits per heavy atom. The predicted molar refractivity (Wildman–Crippen MR) is 128 cm³/mol. The fourth-order valence-corrected chi connectivity index (χ4v) is 5.65. The molecule has 3 aromatic rings. The van der Waals surface area contributed by atoms with Crippen LogP contribution in [-0.4, -0.2) is 16.5 Å². The first-order chi connectivity index (χ1) is 15.1. The van der Waals surface area contributed by atoms with Crippen molar-refractivity contribution >= 4 is 34.0 Å². The molecule has 31 heavy (non-hydrogen) atoms. The van der Waals surface area contributed by atoms with Gasteiger partial charge in [-0.2, -0.15) is 5.10 Å². The summed E-state index contributed by atoms with van der Waals surface area (Å²) >= 11 is 1.45. The second kappa shape index (κ2) is 8.23. The van der Waals surface area contributed by atoms with E-state index in [4.69, 9.17) is 10.1 Å². The molecule has 0 bridgehead atoms. The average molecular weight is 428 g/mol. The number of carbonyl (C=O) groups excluding carboxylic acids is 1. The molecule has 1 aliphatic heterocycles. The summed E-state index contributed by atoms with van der Waals surface area (Å²) in [6.07, 6.45) is 5.57. The van der Waals surface area contributed by atoms with Crippen molar-refractivity contribution in [3.63, 3.8) is 0 Å². The Labute approximate surface area is 187 Å². The van der Waals surface area contributed by atoms with E-state index in [2.05, 4.69) is 59.6 Å². The topological polar surface area (TPSA) is 45.6 Å². The van der Waals surface area contributed by atoms with Gasteiger partial charge in [-0.05, 0) is 49.0 Å². The third-order valence-electron chi connectivity index (χ3n) is 6.08. The molecular formula is C26H25N3OS. The van der Waals surface area contributed by atoms with E-state index in [1.165, 1.54) is 33.7 Å². The molecule has 5 heteroatoms. The number of benzene rings is 2. The number of rotatable bonds is 4. The Morgan fingerprint density at radius 3 is 2.48 bits per heavy atom. The third kappa shape index (κ3) is 3.74. The first-order valence-electron chi connectivity index (χ1n) is 10.8. The molecule has 0 amide bonds. The van der Waals surface area contributed by atoms with E-state index in [0.29, 0.717) is 5.92 Å². The fraction of sp³-hybridized carbons (Fsp3) is 0.269. The van der Waals surface area contributed by atoms with E-state index >= 15 is 0 Å². The Kier molecular flexibility index (Phi) is 5.28. The van der Waals surface area contributed by atoms with Crippen LogP contribution in [0.2, 0.25) is 0 Å². The van der Waals surface area contributed by atoms with Crippen molar-refractivity contribution in [1.29, 1.82) is 0 Å². The molecule has 0 N–H and O–H groups in total. The number of nitrogens with zero attached hydrogens (tertiary/aromatic N) is 3. The van der Waals surface area contributed by atoms with Crippen LogP contribution < -0.4 is 5.01 Å². The summed E-state index contributed by atoms with van der Waals surface area (Å²) in [5, 5.41) is 8.02. The molecular weight excluding hydrogens is 402 g/mol. The molecule has 0 radical (unpaired) electrons. The van der Waals surface area contributed by atoms with Gasteiger partial charge in [0.1, 0.15) is 0 Å². The number of aromatic nitrogens is 1. The summed E-state index contributed by atoms with van der Waals surface area (Å²) in [6, 6.07) is 21.1. The zero-order chi connectivity index (χ0) is 21.4. The first kappa shape index (κ1) is 19.9. The summed E-state index contributed by atoms with van der Waals surface area (Å²) < 4.78 is 0. The van der Waals surface area contributed by atoms with Gasteiger partial charge in [0.05, 0.1) is 22.3 Å². The number of hydrazone groups is 1. The van der Waals surface area contributed by atoms with Crippen LogP contribution in [0.4, 0.5) is 5.13 Å². The molecule has 2 unspecified atom stereocenters. The monoisotopic (exact) mass is 427 g/mol. The van der Waals surface area contributed by atoms with Gasteiger partial charge in [-0.3, -0.25) is 4.79 Å². The summed E-state index contributed by atoms with van der Waals surface area (Å²) in [6.45, 7) is 3.51. The molecule has 1 fully saturated rings. The lowest BCUT2D eigenvalue weighted by Crippen LogP contribution is -2.28. The molecule has 0 spiro atoms. The highest BCUT2D eigenvalue weighted by Crippen LogP contribution is 2.47. The van der Waals surface area contributed by atoms with Crippen LogP contribution >= 0.6 is 11.3 Å². The number of fused-ring (bicyclic) bond motifs is 1. The van der Waals surface area contributed by atoms with Gasteiger partial charge in [-0.15, -0.1) is 0 Å². The van der Waals surface area contributed by atoms with Crippen LogP contribution in [0.5, 0.6) is 0 Å². The molecule has 2 heterocycles. The highest BCUT2D eigenvalue weighted by Gasteiger charge is 2.43. The maximum atomic E-state index is 12.1. The number of hydrogen-bond donors (Lipinski definition) is 0. The smallest absolute Gasteiger partial charge is 0.207 e. The zero-order valence-electron chi connectivity index (χ0n) is 17.8. The van der Waals surface area contributed by atoms with Crippen molar-refractivity contribution in [3.05, 3.63) is 87.9 Å². The second-order valence-corrected chi connectivity index (χ2v) is 9.21. The minimum atomic E-state index is 0.0615. The molecule has 1 saturated carbocycles. The minimum absolute atomic E-state index is 0.0615. The largest absolute Gasteiger partial charge is 0.294 e.